The summed E-state index contributed by atoms with van der Waals surface area (Å²) in [5.74, 6) is 0.857. The van der Waals surface area contributed by atoms with Crippen molar-refractivity contribution in [2.75, 3.05) is 0 Å². The minimum Gasteiger partial charge on any atom is -0.254 e. The molecule has 0 unspecified atom stereocenters. The molecule has 0 N–H and O–H groups in total. The Morgan fingerprint density at radius 1 is 1.40 bits per heavy atom. The summed E-state index contributed by atoms with van der Waals surface area (Å²) in [5, 5.41) is 0. The van der Waals surface area contributed by atoms with Crippen molar-refractivity contribution in [3.05, 3.63) is 18.9 Å². The predicted molar refractivity (Wildman–Crippen MR) is 43.9 cm³/mol. The van der Waals surface area contributed by atoms with Crippen molar-refractivity contribution in [3.8, 4) is 11.5 Å². The van der Waals surface area contributed by atoms with Crippen LogP contribution in [0.2, 0.25) is 0 Å². The number of hydrogen-bond acceptors (Lipinski definition) is 3. The zero-order chi connectivity index (χ0) is 6.97. The monoisotopic (exact) mass is 246 g/mol. The van der Waals surface area contributed by atoms with E-state index in [-0.39, 0.29) is 0 Å². The number of halogens is 1. The summed E-state index contributed by atoms with van der Waals surface area (Å²) in [4.78, 5) is 11.9. The van der Waals surface area contributed by atoms with Gasteiger partial charge in [-0.05, 0) is 0 Å². The second kappa shape index (κ2) is 2.15. The lowest BCUT2D eigenvalue weighted by molar-refractivity contribution is 1.10. The summed E-state index contributed by atoms with van der Waals surface area (Å²) >= 11 is 2.11. The van der Waals surface area contributed by atoms with Gasteiger partial charge in [-0.3, -0.25) is 2.78 Å². The maximum absolute atomic E-state index is 4.02. The molecule has 50 valence electrons. The number of aromatic nitrogens is 4. The lowest BCUT2D eigenvalue weighted by Crippen LogP contribution is -1.91. The molecule has 0 aromatic heterocycles. The van der Waals surface area contributed by atoms with Crippen molar-refractivity contribution in [1.82, 2.24) is 17.7 Å². The van der Waals surface area contributed by atoms with E-state index in [1.54, 1.807) is 15.3 Å². The fourth-order valence-electron chi connectivity index (χ4n) is 0.742. The van der Waals surface area contributed by atoms with Crippen LogP contribution in [-0.2, 0) is 0 Å². The smallest absolute Gasteiger partial charge is 0.172 e. The predicted octanol–water partition coefficient (Wildman–Crippen LogP) is 0.976. The van der Waals surface area contributed by atoms with E-state index in [0.717, 1.165) is 11.5 Å². The van der Waals surface area contributed by atoms with E-state index in [2.05, 4.69) is 37.8 Å². The SMILES string of the molecule is In1cncc2ncnc1-2. The highest BCUT2D eigenvalue weighted by atomic mass is 127. The molecule has 0 saturated heterocycles. The van der Waals surface area contributed by atoms with Gasteiger partial charge in [0.05, 0.1) is 29.1 Å². The van der Waals surface area contributed by atoms with Gasteiger partial charge < -0.3 is 0 Å². The molecule has 5 heteroatoms. The summed E-state index contributed by atoms with van der Waals surface area (Å²) < 4.78 is 1.81. The van der Waals surface area contributed by atoms with Crippen molar-refractivity contribution in [1.29, 1.82) is 0 Å². The van der Waals surface area contributed by atoms with E-state index in [0.29, 0.717) is 0 Å². The molecule has 0 bridgehead atoms. The number of rotatable bonds is 0. The van der Waals surface area contributed by atoms with Gasteiger partial charge in [0.25, 0.3) is 0 Å². The molecule has 2 aliphatic heterocycles. The standard InChI is InChI=1S/C5H3IN4/c6-10-3-7-1-4-5(10)9-2-8-4/h1-3H. The third kappa shape index (κ3) is 0.772. The van der Waals surface area contributed by atoms with Crippen molar-refractivity contribution in [2.24, 2.45) is 0 Å². The van der Waals surface area contributed by atoms with Crippen LogP contribution in [0.15, 0.2) is 18.9 Å². The van der Waals surface area contributed by atoms with Crippen LogP contribution in [0.25, 0.3) is 11.5 Å². The molecular formula is C5H3IN4. The highest BCUT2D eigenvalue weighted by Gasteiger charge is 2.06. The lowest BCUT2D eigenvalue weighted by atomic mass is 10.4. The molecule has 2 rings (SSSR count). The maximum atomic E-state index is 4.02. The Labute approximate surface area is 71.2 Å². The van der Waals surface area contributed by atoms with E-state index >= 15 is 0 Å². The second-order valence-electron chi connectivity index (χ2n) is 1.79. The second-order valence-corrected chi connectivity index (χ2v) is 2.83. The Hall–Kier alpha value is -0.720. The lowest BCUT2D eigenvalue weighted by Gasteiger charge is -1.97. The van der Waals surface area contributed by atoms with Gasteiger partial charge in [0, 0.05) is 0 Å². The molecule has 2 heterocycles. The molecule has 0 atom stereocenters. The van der Waals surface area contributed by atoms with Crippen molar-refractivity contribution >= 4 is 22.9 Å². The van der Waals surface area contributed by atoms with E-state index in [1.807, 2.05) is 0 Å². The van der Waals surface area contributed by atoms with Crippen LogP contribution < -0.4 is 0 Å². The van der Waals surface area contributed by atoms with Crippen molar-refractivity contribution in [3.63, 3.8) is 0 Å². The summed E-state index contributed by atoms with van der Waals surface area (Å²) in [7, 11) is 0. The van der Waals surface area contributed by atoms with Gasteiger partial charge in [0.1, 0.15) is 18.3 Å². The summed E-state index contributed by atoms with van der Waals surface area (Å²) in [6.07, 6.45) is 4.91. The normalized spacial score (nSPS) is 10.5. The molecule has 2 aliphatic rings. The van der Waals surface area contributed by atoms with Crippen LogP contribution in [0.1, 0.15) is 0 Å². The minimum atomic E-state index is 0.830. The molecule has 10 heavy (non-hydrogen) atoms. The van der Waals surface area contributed by atoms with E-state index < -0.39 is 0 Å². The Balaban J connectivity index is 2.80. The minimum absolute atomic E-state index is 0.830. The topological polar surface area (TPSA) is 43.6 Å². The molecule has 0 amide bonds. The van der Waals surface area contributed by atoms with Crippen molar-refractivity contribution < 1.29 is 0 Å². The first-order chi connectivity index (χ1) is 4.88. The molecule has 0 radical (unpaired) electrons. The molecule has 4 nitrogen and oxygen atoms in total. The quantitative estimate of drug-likeness (QED) is 0.650. The Kier molecular flexibility index (Phi) is 1.30. The summed E-state index contributed by atoms with van der Waals surface area (Å²) in [5.41, 5.74) is 0.830. The van der Waals surface area contributed by atoms with Gasteiger partial charge in [-0.1, -0.05) is 0 Å². The third-order valence-electron chi connectivity index (χ3n) is 1.17. The zero-order valence-electron chi connectivity index (χ0n) is 4.90. The first-order valence-electron chi connectivity index (χ1n) is 2.67. The van der Waals surface area contributed by atoms with Gasteiger partial charge >= 0.3 is 0 Å². The highest BCUT2D eigenvalue weighted by molar-refractivity contribution is 14.1. The van der Waals surface area contributed by atoms with Gasteiger partial charge in [0.15, 0.2) is 5.82 Å². The maximum Gasteiger partial charge on any atom is 0.172 e. The number of imidazole rings is 1. The van der Waals surface area contributed by atoms with Crippen LogP contribution in [0, 0.1) is 0 Å². The number of nitrogens with zero attached hydrogens (tertiary/aromatic N) is 4. The van der Waals surface area contributed by atoms with Gasteiger partial charge in [-0.2, -0.15) is 0 Å². The van der Waals surface area contributed by atoms with E-state index in [4.69, 9.17) is 0 Å². The summed E-state index contributed by atoms with van der Waals surface area (Å²) in [6, 6.07) is 0. The van der Waals surface area contributed by atoms with E-state index in [9.17, 15) is 0 Å². The Morgan fingerprint density at radius 2 is 2.30 bits per heavy atom. The van der Waals surface area contributed by atoms with Crippen LogP contribution in [-0.4, -0.2) is 17.7 Å². The first kappa shape index (κ1) is 6.02. The van der Waals surface area contributed by atoms with Crippen molar-refractivity contribution in [2.45, 2.75) is 0 Å². The molecule has 0 saturated carbocycles. The van der Waals surface area contributed by atoms with Gasteiger partial charge in [-0.15, -0.1) is 0 Å². The van der Waals surface area contributed by atoms with Crippen LogP contribution in [0.3, 0.4) is 0 Å². The fourth-order valence-corrected chi connectivity index (χ4v) is 1.26. The van der Waals surface area contributed by atoms with Crippen LogP contribution >= 0.6 is 22.9 Å². The van der Waals surface area contributed by atoms with E-state index in [1.165, 1.54) is 6.33 Å². The number of hydrogen-bond donors (Lipinski definition) is 0. The third-order valence-corrected chi connectivity index (χ3v) is 1.88. The number of fused-ring (bicyclic) bond motifs is 1. The average Bonchev–Trinajstić information content (AvgIpc) is 2.36. The van der Waals surface area contributed by atoms with Crippen LogP contribution in [0.5, 0.6) is 0 Å². The first-order valence-corrected chi connectivity index (χ1v) is 3.63. The molecule has 0 spiro atoms. The Bertz CT molecular complexity index is 318. The zero-order valence-corrected chi connectivity index (χ0v) is 7.06. The average molecular weight is 246 g/mol. The molecule has 0 fully saturated rings. The van der Waals surface area contributed by atoms with Crippen LogP contribution in [0.4, 0.5) is 0 Å². The molecule has 0 aromatic carbocycles. The molecule has 0 aromatic rings. The summed E-state index contributed by atoms with van der Waals surface area (Å²) in [6.45, 7) is 0. The molecular weight excluding hydrogens is 243 g/mol. The van der Waals surface area contributed by atoms with Gasteiger partial charge in [0.2, 0.25) is 0 Å². The molecule has 0 aliphatic carbocycles. The Morgan fingerprint density at radius 3 is 3.10 bits per heavy atom. The largest absolute Gasteiger partial charge is 0.254 e. The highest BCUT2D eigenvalue weighted by Crippen LogP contribution is 2.15. The fraction of sp³-hybridized carbons (Fsp3) is 0. The van der Waals surface area contributed by atoms with Gasteiger partial charge in [-0.25, -0.2) is 15.0 Å².